The Labute approximate surface area is 316 Å². The first-order chi connectivity index (χ1) is 25.9. The van der Waals surface area contributed by atoms with Crippen LogP contribution in [0.15, 0.2) is 48.8 Å². The molecule has 4 amide bonds. The molecule has 2 aromatic heterocycles. The molecule has 16 heteroatoms. The second kappa shape index (κ2) is 26.6. The molecule has 54 heavy (non-hydrogen) atoms. The van der Waals surface area contributed by atoms with E-state index in [4.69, 9.17) is 10.2 Å². The Hall–Kier alpha value is -5.12. The molecule has 2 rings (SSSR count). The van der Waals surface area contributed by atoms with Gasteiger partial charge in [-0.05, 0) is 89.1 Å². The van der Waals surface area contributed by atoms with E-state index < -0.39 is 42.4 Å². The lowest BCUT2D eigenvalue weighted by molar-refractivity contribution is -0.141. The Morgan fingerprint density at radius 2 is 1.19 bits per heavy atom. The highest BCUT2D eigenvalue weighted by molar-refractivity contribution is 5.86. The molecule has 2 heterocycles. The van der Waals surface area contributed by atoms with Gasteiger partial charge in [-0.1, -0.05) is 31.4 Å². The van der Waals surface area contributed by atoms with Crippen molar-refractivity contribution in [2.75, 3.05) is 13.1 Å². The first kappa shape index (κ1) is 45.0. The second-order valence-corrected chi connectivity index (χ2v) is 13.4. The molecule has 0 aliphatic heterocycles. The molecule has 3 unspecified atom stereocenters. The van der Waals surface area contributed by atoms with Crippen LogP contribution in [0.2, 0.25) is 0 Å². The van der Waals surface area contributed by atoms with Crippen LogP contribution in [0.4, 0.5) is 4.79 Å². The lowest BCUT2D eigenvalue weighted by Crippen LogP contribution is -2.51. The number of carboxylic acid groups (broad SMARTS) is 3. The summed E-state index contributed by atoms with van der Waals surface area (Å²) >= 11 is 0. The Balaban J connectivity index is 1.52. The molecule has 0 spiro atoms. The van der Waals surface area contributed by atoms with E-state index in [1.54, 1.807) is 0 Å². The standard InChI is InChI=1S/C38H57N7O9/c1-28(14-9-13-25-45(26-29-15-6-10-22-39-29)27-30-16-7-11-23-40-30)42-34(47)19-5-3-2-4-18-33(46)41-24-12-8-17-31(36(50)51)43-38(54)44-32(37(52)53)20-21-35(48)49/h6-7,10-11,15-16,22-23,28,31-32H,2-5,8-9,12-14,17-21,24-27H2,1H3,(H,41,46)(H,42,47)(H,48,49)(H,50,51)(H,52,53)(H2,43,44,54). The number of pyridine rings is 2. The molecule has 16 nitrogen and oxygen atoms in total. The summed E-state index contributed by atoms with van der Waals surface area (Å²) in [5.74, 6) is -4.04. The highest BCUT2D eigenvalue weighted by Gasteiger charge is 2.24. The lowest BCUT2D eigenvalue weighted by Gasteiger charge is -2.22. The van der Waals surface area contributed by atoms with E-state index in [1.807, 2.05) is 55.7 Å². The number of aliphatic carboxylic acids is 3. The van der Waals surface area contributed by atoms with Gasteiger partial charge in [0.05, 0.1) is 11.4 Å². The molecule has 7 N–H and O–H groups in total. The third kappa shape index (κ3) is 21.4. The van der Waals surface area contributed by atoms with Crippen molar-refractivity contribution in [2.45, 2.75) is 128 Å². The van der Waals surface area contributed by atoms with E-state index in [9.17, 15) is 33.9 Å². The summed E-state index contributed by atoms with van der Waals surface area (Å²) < 4.78 is 0. The number of nitrogens with one attached hydrogen (secondary N) is 4. The van der Waals surface area contributed by atoms with Gasteiger partial charge in [-0.2, -0.15) is 0 Å². The van der Waals surface area contributed by atoms with Gasteiger partial charge in [-0.25, -0.2) is 14.4 Å². The Kier molecular flexibility index (Phi) is 22.2. The third-order valence-corrected chi connectivity index (χ3v) is 8.65. The largest absolute Gasteiger partial charge is 0.481 e. The predicted octanol–water partition coefficient (Wildman–Crippen LogP) is 3.85. The van der Waals surface area contributed by atoms with Gasteiger partial charge in [-0.15, -0.1) is 0 Å². The summed E-state index contributed by atoms with van der Waals surface area (Å²) in [5, 5.41) is 37.5. The Bertz CT molecular complexity index is 1390. The molecule has 0 saturated heterocycles. The molecule has 3 atom stereocenters. The summed E-state index contributed by atoms with van der Waals surface area (Å²) in [5.41, 5.74) is 2.04. The first-order valence-corrected chi connectivity index (χ1v) is 18.8. The summed E-state index contributed by atoms with van der Waals surface area (Å²) in [6.07, 6.45) is 10.4. The van der Waals surface area contributed by atoms with Crippen LogP contribution in [0.3, 0.4) is 0 Å². The van der Waals surface area contributed by atoms with Crippen molar-refractivity contribution >= 4 is 35.8 Å². The van der Waals surface area contributed by atoms with Crippen LogP contribution in [0.1, 0.15) is 108 Å². The summed E-state index contributed by atoms with van der Waals surface area (Å²) in [7, 11) is 0. The van der Waals surface area contributed by atoms with Crippen molar-refractivity contribution in [1.82, 2.24) is 36.1 Å². The highest BCUT2D eigenvalue weighted by Crippen LogP contribution is 2.11. The Morgan fingerprint density at radius 3 is 1.72 bits per heavy atom. The average Bonchev–Trinajstić information content (AvgIpc) is 3.13. The van der Waals surface area contributed by atoms with Gasteiger partial charge in [0.1, 0.15) is 12.1 Å². The van der Waals surface area contributed by atoms with Crippen molar-refractivity contribution < 1.29 is 44.1 Å². The number of carbonyl (C=O) groups excluding carboxylic acids is 3. The fourth-order valence-electron chi connectivity index (χ4n) is 5.72. The van der Waals surface area contributed by atoms with Crippen molar-refractivity contribution in [1.29, 1.82) is 0 Å². The van der Waals surface area contributed by atoms with Gasteiger partial charge >= 0.3 is 23.9 Å². The number of aromatic nitrogens is 2. The van der Waals surface area contributed by atoms with Gasteiger partial charge in [0.25, 0.3) is 0 Å². The molecule has 0 aliphatic carbocycles. The molecule has 0 aliphatic rings. The van der Waals surface area contributed by atoms with Gasteiger partial charge < -0.3 is 36.6 Å². The van der Waals surface area contributed by atoms with Crippen LogP contribution in [0, 0.1) is 0 Å². The fraction of sp³-hybridized carbons (Fsp3) is 0.579. The lowest BCUT2D eigenvalue weighted by atomic mass is 10.1. The molecule has 0 aromatic carbocycles. The SMILES string of the molecule is CC(CCCCN(Cc1ccccn1)Cc1ccccn1)NC(=O)CCCCCCC(=O)NCCCCC(NC(=O)NC(CCC(=O)O)C(=O)O)C(=O)O. The molecule has 0 saturated carbocycles. The maximum atomic E-state index is 12.5. The van der Waals surface area contributed by atoms with Gasteiger partial charge in [0.2, 0.25) is 11.8 Å². The quantitative estimate of drug-likeness (QED) is 0.0586. The van der Waals surface area contributed by atoms with Gasteiger partial charge in [-0.3, -0.25) is 29.3 Å². The fourth-order valence-corrected chi connectivity index (χ4v) is 5.72. The van der Waals surface area contributed by atoms with Gasteiger partial charge in [0.15, 0.2) is 0 Å². The smallest absolute Gasteiger partial charge is 0.326 e. The third-order valence-electron chi connectivity index (χ3n) is 8.65. The minimum Gasteiger partial charge on any atom is -0.481 e. The minimum atomic E-state index is -1.48. The minimum absolute atomic E-state index is 0.0355. The number of unbranched alkanes of at least 4 members (excludes halogenated alkanes) is 5. The Morgan fingerprint density at radius 1 is 0.630 bits per heavy atom. The van der Waals surface area contributed by atoms with Crippen molar-refractivity contribution in [3.63, 3.8) is 0 Å². The molecule has 2 aromatic rings. The number of hydrogen-bond donors (Lipinski definition) is 7. The topological polar surface area (TPSA) is 240 Å². The number of rotatable bonds is 29. The average molecular weight is 756 g/mol. The monoisotopic (exact) mass is 755 g/mol. The van der Waals surface area contributed by atoms with E-state index in [0.717, 1.165) is 69.5 Å². The molecule has 298 valence electrons. The zero-order chi connectivity index (χ0) is 39.6. The number of urea groups is 1. The molecule has 0 bridgehead atoms. The van der Waals surface area contributed by atoms with E-state index in [2.05, 4.69) is 36.1 Å². The zero-order valence-electron chi connectivity index (χ0n) is 31.2. The van der Waals surface area contributed by atoms with Crippen LogP contribution in [0.5, 0.6) is 0 Å². The van der Waals surface area contributed by atoms with Crippen molar-refractivity contribution in [3.05, 3.63) is 60.2 Å². The summed E-state index contributed by atoms with van der Waals surface area (Å²) in [4.78, 5) is 81.5. The van der Waals surface area contributed by atoms with E-state index in [1.165, 1.54) is 0 Å². The number of amides is 4. The van der Waals surface area contributed by atoms with Crippen LogP contribution in [0.25, 0.3) is 0 Å². The van der Waals surface area contributed by atoms with E-state index >= 15 is 0 Å². The molecular weight excluding hydrogens is 698 g/mol. The summed E-state index contributed by atoms with van der Waals surface area (Å²) in [6, 6.07) is 8.17. The van der Waals surface area contributed by atoms with Crippen molar-refractivity contribution in [2.24, 2.45) is 0 Å². The van der Waals surface area contributed by atoms with E-state index in [0.29, 0.717) is 38.6 Å². The molecule has 0 radical (unpaired) electrons. The van der Waals surface area contributed by atoms with Gasteiger partial charge in [0, 0.05) is 57.3 Å². The molecular formula is C38H57N7O9. The van der Waals surface area contributed by atoms with Crippen LogP contribution in [-0.2, 0) is 37.1 Å². The van der Waals surface area contributed by atoms with E-state index in [-0.39, 0.29) is 30.7 Å². The summed E-state index contributed by atoms with van der Waals surface area (Å²) in [6.45, 7) is 4.76. The maximum Gasteiger partial charge on any atom is 0.326 e. The van der Waals surface area contributed by atoms with Crippen LogP contribution >= 0.6 is 0 Å². The van der Waals surface area contributed by atoms with Crippen LogP contribution < -0.4 is 21.3 Å². The predicted molar refractivity (Wildman–Crippen MR) is 200 cm³/mol. The zero-order valence-corrected chi connectivity index (χ0v) is 31.2. The number of carboxylic acids is 3. The normalized spacial score (nSPS) is 12.6. The van der Waals surface area contributed by atoms with Crippen LogP contribution in [-0.4, -0.2) is 97.2 Å². The number of nitrogens with zero attached hydrogens (tertiary/aromatic N) is 3. The van der Waals surface area contributed by atoms with Crippen molar-refractivity contribution in [3.8, 4) is 0 Å². The number of hydrogen-bond acceptors (Lipinski definition) is 9. The first-order valence-electron chi connectivity index (χ1n) is 18.8. The molecule has 0 fully saturated rings. The highest BCUT2D eigenvalue weighted by atomic mass is 16.4. The number of carbonyl (C=O) groups is 6. The maximum absolute atomic E-state index is 12.5. The second-order valence-electron chi connectivity index (χ2n) is 13.4.